The van der Waals surface area contributed by atoms with Crippen molar-refractivity contribution < 1.29 is 19.2 Å². The number of nitrogens with zero attached hydrogens (tertiary/aromatic N) is 1. The molecule has 1 heterocycles. The van der Waals surface area contributed by atoms with Crippen molar-refractivity contribution in [3.8, 4) is 11.5 Å². The fourth-order valence-corrected chi connectivity index (χ4v) is 2.63. The van der Waals surface area contributed by atoms with Crippen molar-refractivity contribution in [3.63, 3.8) is 0 Å². The van der Waals surface area contributed by atoms with Crippen molar-refractivity contribution in [1.29, 1.82) is 0 Å². The molecule has 2 N–H and O–H groups in total. The zero-order valence-electron chi connectivity index (χ0n) is 14.1. The number of anilines is 1. The normalized spacial score (nSPS) is 12.3. The van der Waals surface area contributed by atoms with E-state index in [1.165, 1.54) is 6.07 Å². The van der Waals surface area contributed by atoms with Gasteiger partial charge in [-0.05, 0) is 23.8 Å². The van der Waals surface area contributed by atoms with Gasteiger partial charge in [-0.3, -0.25) is 14.9 Å². The van der Waals surface area contributed by atoms with Crippen molar-refractivity contribution in [3.05, 3.63) is 58.1 Å². The first-order valence-corrected chi connectivity index (χ1v) is 8.26. The van der Waals surface area contributed by atoms with E-state index in [1.54, 1.807) is 30.3 Å². The van der Waals surface area contributed by atoms with E-state index in [-0.39, 0.29) is 18.0 Å². The molecule has 1 amide bonds. The van der Waals surface area contributed by atoms with Gasteiger partial charge in [0.05, 0.1) is 11.3 Å². The Hall–Kier alpha value is -3.29. The molecule has 26 heavy (non-hydrogen) atoms. The van der Waals surface area contributed by atoms with Crippen molar-refractivity contribution in [2.24, 2.45) is 0 Å². The number of para-hydroxylation sites is 2. The highest BCUT2D eigenvalue weighted by Crippen LogP contribution is 2.30. The molecule has 0 saturated heterocycles. The topological polar surface area (TPSA) is 103 Å². The number of rotatable bonds is 7. The summed E-state index contributed by atoms with van der Waals surface area (Å²) in [5, 5.41) is 16.7. The molecule has 0 radical (unpaired) electrons. The first kappa shape index (κ1) is 17.5. The average Bonchev–Trinajstić information content (AvgIpc) is 2.65. The number of hydrogen-bond donors (Lipinski definition) is 2. The van der Waals surface area contributed by atoms with E-state index in [9.17, 15) is 14.9 Å². The van der Waals surface area contributed by atoms with Crippen LogP contribution in [-0.2, 0) is 11.2 Å². The number of fused-ring (bicyclic) bond motifs is 1. The van der Waals surface area contributed by atoms with E-state index >= 15 is 0 Å². The molecular weight excluding hydrogens is 338 g/mol. The van der Waals surface area contributed by atoms with Crippen LogP contribution >= 0.6 is 0 Å². The predicted octanol–water partition coefficient (Wildman–Crippen LogP) is 2.14. The molecule has 8 heteroatoms. The Kier molecular flexibility index (Phi) is 5.52. The largest absolute Gasteiger partial charge is 0.486 e. The second kappa shape index (κ2) is 8.19. The highest BCUT2D eigenvalue weighted by atomic mass is 16.6. The maximum Gasteiger partial charge on any atom is 0.292 e. The molecule has 3 rings (SSSR count). The first-order chi connectivity index (χ1) is 12.6. The number of amides is 1. The molecule has 0 spiro atoms. The number of carbonyl (C=O) groups is 1. The Labute approximate surface area is 150 Å². The van der Waals surface area contributed by atoms with Crippen LogP contribution in [0, 0.1) is 10.1 Å². The van der Waals surface area contributed by atoms with E-state index in [0.717, 1.165) is 5.56 Å². The number of ether oxygens (including phenoxy) is 2. The molecule has 0 atom stereocenters. The highest BCUT2D eigenvalue weighted by Gasteiger charge is 2.14. The lowest BCUT2D eigenvalue weighted by Crippen LogP contribution is -2.30. The number of nitro benzene ring substituents is 1. The van der Waals surface area contributed by atoms with E-state index in [1.807, 2.05) is 6.07 Å². The number of nitrogens with one attached hydrogen (secondary N) is 2. The van der Waals surface area contributed by atoms with Gasteiger partial charge in [-0.1, -0.05) is 18.2 Å². The Bertz CT molecular complexity index is 809. The molecular formula is C18H19N3O5. The summed E-state index contributed by atoms with van der Waals surface area (Å²) in [7, 11) is 0. The van der Waals surface area contributed by atoms with Gasteiger partial charge in [-0.2, -0.15) is 0 Å². The number of benzene rings is 2. The van der Waals surface area contributed by atoms with Crippen LogP contribution in [0.2, 0.25) is 0 Å². The number of carbonyl (C=O) groups excluding carboxylic acids is 1. The summed E-state index contributed by atoms with van der Waals surface area (Å²) in [6.07, 6.45) is 0.224. The van der Waals surface area contributed by atoms with E-state index in [4.69, 9.17) is 9.47 Å². The Morgan fingerprint density at radius 3 is 2.65 bits per heavy atom. The van der Waals surface area contributed by atoms with Gasteiger partial charge in [0.25, 0.3) is 5.69 Å². The standard InChI is InChI=1S/C18H19N3O5/c22-18(12-13-5-6-16-17(11-13)26-10-9-25-16)20-8-7-19-14-3-1-2-4-15(14)21(23)24/h1-6,11,19H,7-10,12H2,(H,20,22). The molecule has 0 aliphatic carbocycles. The van der Waals surface area contributed by atoms with Crippen LogP contribution in [-0.4, -0.2) is 37.1 Å². The molecule has 0 saturated carbocycles. The van der Waals surface area contributed by atoms with Gasteiger partial charge in [0.2, 0.25) is 5.91 Å². The Balaban J connectivity index is 1.46. The van der Waals surface area contributed by atoms with Gasteiger partial charge in [0.1, 0.15) is 18.9 Å². The van der Waals surface area contributed by atoms with Gasteiger partial charge in [0.15, 0.2) is 11.5 Å². The van der Waals surface area contributed by atoms with Crippen molar-refractivity contribution in [1.82, 2.24) is 5.32 Å². The number of hydrogen-bond acceptors (Lipinski definition) is 6. The Morgan fingerprint density at radius 2 is 1.85 bits per heavy atom. The molecule has 0 bridgehead atoms. The minimum Gasteiger partial charge on any atom is -0.486 e. The summed E-state index contributed by atoms with van der Waals surface area (Å²) in [5.41, 5.74) is 1.27. The summed E-state index contributed by atoms with van der Waals surface area (Å²) in [6.45, 7) is 1.77. The smallest absolute Gasteiger partial charge is 0.292 e. The van der Waals surface area contributed by atoms with Gasteiger partial charge in [-0.25, -0.2) is 0 Å². The molecule has 2 aromatic carbocycles. The van der Waals surface area contributed by atoms with Crippen LogP contribution in [0.3, 0.4) is 0 Å². The van der Waals surface area contributed by atoms with E-state index in [2.05, 4.69) is 10.6 Å². The van der Waals surface area contributed by atoms with Crippen molar-refractivity contribution >= 4 is 17.3 Å². The summed E-state index contributed by atoms with van der Waals surface area (Å²) in [6, 6.07) is 11.8. The van der Waals surface area contributed by atoms with E-state index < -0.39 is 4.92 Å². The quantitative estimate of drug-likeness (QED) is 0.447. The molecule has 1 aliphatic rings. The molecule has 0 fully saturated rings. The summed E-state index contributed by atoms with van der Waals surface area (Å²) < 4.78 is 11.0. The van der Waals surface area contributed by atoms with Crippen LogP contribution < -0.4 is 20.1 Å². The molecule has 1 aliphatic heterocycles. The first-order valence-electron chi connectivity index (χ1n) is 8.26. The maximum atomic E-state index is 12.0. The van der Waals surface area contributed by atoms with Crippen LogP contribution in [0.25, 0.3) is 0 Å². The lowest BCUT2D eigenvalue weighted by Gasteiger charge is -2.18. The molecule has 136 valence electrons. The fraction of sp³-hybridized carbons (Fsp3) is 0.278. The highest BCUT2D eigenvalue weighted by molar-refractivity contribution is 5.78. The molecule has 0 unspecified atom stereocenters. The van der Waals surface area contributed by atoms with Crippen LogP contribution in [0.4, 0.5) is 11.4 Å². The predicted molar refractivity (Wildman–Crippen MR) is 95.7 cm³/mol. The van der Waals surface area contributed by atoms with Gasteiger partial charge >= 0.3 is 0 Å². The minimum atomic E-state index is -0.442. The summed E-state index contributed by atoms with van der Waals surface area (Å²) in [5.74, 6) is 1.21. The third-order valence-electron chi connectivity index (χ3n) is 3.83. The Morgan fingerprint density at radius 1 is 1.08 bits per heavy atom. The summed E-state index contributed by atoms with van der Waals surface area (Å²) in [4.78, 5) is 22.6. The summed E-state index contributed by atoms with van der Waals surface area (Å²) >= 11 is 0. The van der Waals surface area contributed by atoms with Gasteiger partial charge in [-0.15, -0.1) is 0 Å². The van der Waals surface area contributed by atoms with Crippen molar-refractivity contribution in [2.45, 2.75) is 6.42 Å². The van der Waals surface area contributed by atoms with Crippen LogP contribution in [0.1, 0.15) is 5.56 Å². The zero-order chi connectivity index (χ0) is 18.4. The monoisotopic (exact) mass is 357 g/mol. The third kappa shape index (κ3) is 4.41. The van der Waals surface area contributed by atoms with E-state index in [0.29, 0.717) is 43.5 Å². The zero-order valence-corrected chi connectivity index (χ0v) is 14.1. The van der Waals surface area contributed by atoms with Crippen molar-refractivity contribution in [2.75, 3.05) is 31.6 Å². The van der Waals surface area contributed by atoms with Gasteiger partial charge < -0.3 is 20.1 Å². The molecule has 0 aromatic heterocycles. The second-order valence-corrected chi connectivity index (χ2v) is 5.71. The lowest BCUT2D eigenvalue weighted by molar-refractivity contribution is -0.384. The molecule has 8 nitrogen and oxygen atoms in total. The number of nitro groups is 1. The SMILES string of the molecule is O=C(Cc1ccc2c(c1)OCCO2)NCCNc1ccccc1[N+](=O)[O-]. The molecule has 2 aromatic rings. The minimum absolute atomic E-state index is 0.00936. The fourth-order valence-electron chi connectivity index (χ4n) is 2.63. The second-order valence-electron chi connectivity index (χ2n) is 5.71. The lowest BCUT2D eigenvalue weighted by atomic mass is 10.1. The maximum absolute atomic E-state index is 12.0. The van der Waals surface area contributed by atoms with Gasteiger partial charge in [0, 0.05) is 19.2 Å². The van der Waals surface area contributed by atoms with Crippen LogP contribution in [0.5, 0.6) is 11.5 Å². The average molecular weight is 357 g/mol. The van der Waals surface area contributed by atoms with Crippen LogP contribution in [0.15, 0.2) is 42.5 Å². The third-order valence-corrected chi connectivity index (χ3v) is 3.83.